The third-order valence-electron chi connectivity index (χ3n) is 3.30. The van der Waals surface area contributed by atoms with Crippen molar-refractivity contribution in [2.75, 3.05) is 17.7 Å². The van der Waals surface area contributed by atoms with Gasteiger partial charge in [-0.15, -0.1) is 0 Å². The average molecular weight is 333 g/mol. The average Bonchev–Trinajstić information content (AvgIpc) is 2.50. The highest BCUT2D eigenvalue weighted by Crippen LogP contribution is 2.27. The highest BCUT2D eigenvalue weighted by molar-refractivity contribution is 6.31. The molecule has 0 saturated carbocycles. The van der Waals surface area contributed by atoms with E-state index in [0.717, 1.165) is 5.56 Å². The first-order chi connectivity index (χ1) is 10.9. The SMILES string of the molecule is COc1ccc(Cl)cc1C(=O)Nc1cccc(NC(C)=O)c1C. The number of benzene rings is 2. The van der Waals surface area contributed by atoms with E-state index in [4.69, 9.17) is 16.3 Å². The molecule has 0 aliphatic heterocycles. The zero-order valence-corrected chi connectivity index (χ0v) is 13.8. The summed E-state index contributed by atoms with van der Waals surface area (Å²) >= 11 is 5.95. The Balaban J connectivity index is 2.31. The first-order valence-corrected chi connectivity index (χ1v) is 7.32. The molecular formula is C17H17ClN2O3. The van der Waals surface area contributed by atoms with Crippen molar-refractivity contribution in [3.05, 3.63) is 52.5 Å². The van der Waals surface area contributed by atoms with Crippen molar-refractivity contribution < 1.29 is 14.3 Å². The van der Waals surface area contributed by atoms with E-state index >= 15 is 0 Å². The van der Waals surface area contributed by atoms with Gasteiger partial charge in [-0.1, -0.05) is 17.7 Å². The minimum absolute atomic E-state index is 0.173. The number of carbonyl (C=O) groups excluding carboxylic acids is 2. The molecule has 2 amide bonds. The number of carbonyl (C=O) groups is 2. The van der Waals surface area contributed by atoms with E-state index in [-0.39, 0.29) is 11.8 Å². The number of hydrogen-bond donors (Lipinski definition) is 2. The van der Waals surface area contributed by atoms with Crippen LogP contribution in [-0.4, -0.2) is 18.9 Å². The molecule has 23 heavy (non-hydrogen) atoms. The molecule has 2 rings (SSSR count). The number of hydrogen-bond acceptors (Lipinski definition) is 3. The molecule has 2 aromatic carbocycles. The Hall–Kier alpha value is -2.53. The lowest BCUT2D eigenvalue weighted by Gasteiger charge is -2.14. The number of methoxy groups -OCH3 is 1. The van der Waals surface area contributed by atoms with Crippen LogP contribution in [0.5, 0.6) is 5.75 Å². The molecule has 0 radical (unpaired) electrons. The van der Waals surface area contributed by atoms with Crippen LogP contribution in [0.2, 0.25) is 5.02 Å². The largest absolute Gasteiger partial charge is 0.496 e. The normalized spacial score (nSPS) is 10.1. The molecule has 0 aliphatic carbocycles. The van der Waals surface area contributed by atoms with Crippen LogP contribution in [0, 0.1) is 6.92 Å². The Morgan fingerprint density at radius 3 is 2.35 bits per heavy atom. The minimum atomic E-state index is -0.340. The van der Waals surface area contributed by atoms with Crippen molar-refractivity contribution in [1.29, 1.82) is 0 Å². The smallest absolute Gasteiger partial charge is 0.259 e. The van der Waals surface area contributed by atoms with Crippen molar-refractivity contribution in [1.82, 2.24) is 0 Å². The van der Waals surface area contributed by atoms with Gasteiger partial charge in [-0.3, -0.25) is 9.59 Å². The Bertz CT molecular complexity index is 759. The highest BCUT2D eigenvalue weighted by atomic mass is 35.5. The fourth-order valence-electron chi connectivity index (χ4n) is 2.14. The summed E-state index contributed by atoms with van der Waals surface area (Å²) < 4.78 is 5.19. The molecule has 120 valence electrons. The third kappa shape index (κ3) is 4.02. The second kappa shape index (κ2) is 7.15. The van der Waals surface area contributed by atoms with Gasteiger partial charge in [0.25, 0.3) is 5.91 Å². The van der Waals surface area contributed by atoms with E-state index in [2.05, 4.69) is 10.6 Å². The van der Waals surface area contributed by atoms with Crippen LogP contribution >= 0.6 is 11.6 Å². The van der Waals surface area contributed by atoms with E-state index in [1.54, 1.807) is 36.4 Å². The summed E-state index contributed by atoms with van der Waals surface area (Å²) in [5, 5.41) is 5.98. The van der Waals surface area contributed by atoms with Crippen LogP contribution < -0.4 is 15.4 Å². The van der Waals surface area contributed by atoms with Crippen molar-refractivity contribution in [2.24, 2.45) is 0 Å². The van der Waals surface area contributed by atoms with E-state index < -0.39 is 0 Å². The van der Waals surface area contributed by atoms with E-state index in [1.807, 2.05) is 6.92 Å². The number of rotatable bonds is 4. The van der Waals surface area contributed by atoms with Gasteiger partial charge in [-0.2, -0.15) is 0 Å². The lowest BCUT2D eigenvalue weighted by atomic mass is 10.1. The molecule has 6 heteroatoms. The Morgan fingerprint density at radius 2 is 1.74 bits per heavy atom. The lowest BCUT2D eigenvalue weighted by molar-refractivity contribution is -0.114. The summed E-state index contributed by atoms with van der Waals surface area (Å²) in [6.45, 7) is 3.25. The second-order valence-electron chi connectivity index (χ2n) is 4.96. The lowest BCUT2D eigenvalue weighted by Crippen LogP contribution is -2.15. The molecule has 0 unspecified atom stereocenters. The molecular weight excluding hydrogens is 316 g/mol. The number of ether oxygens (including phenoxy) is 1. The summed E-state index contributed by atoms with van der Waals surface area (Å²) in [5.74, 6) is -0.0805. The van der Waals surface area contributed by atoms with E-state index in [0.29, 0.717) is 27.7 Å². The Morgan fingerprint density at radius 1 is 1.09 bits per heavy atom. The molecule has 0 bridgehead atoms. The van der Waals surface area contributed by atoms with Crippen LogP contribution in [0.4, 0.5) is 11.4 Å². The first kappa shape index (κ1) is 16.8. The van der Waals surface area contributed by atoms with Gasteiger partial charge < -0.3 is 15.4 Å². The second-order valence-corrected chi connectivity index (χ2v) is 5.39. The van der Waals surface area contributed by atoms with Gasteiger partial charge in [0.1, 0.15) is 5.75 Å². The molecule has 0 saturated heterocycles. The summed E-state index contributed by atoms with van der Waals surface area (Å²) in [4.78, 5) is 23.7. The van der Waals surface area contributed by atoms with Crippen molar-refractivity contribution in [3.8, 4) is 5.75 Å². The van der Waals surface area contributed by atoms with Crippen LogP contribution in [0.15, 0.2) is 36.4 Å². The Kier molecular flexibility index (Phi) is 5.24. The molecule has 0 aromatic heterocycles. The van der Waals surface area contributed by atoms with Gasteiger partial charge in [-0.25, -0.2) is 0 Å². The standard InChI is InChI=1S/C17H17ClN2O3/c1-10-14(19-11(2)21)5-4-6-15(10)20-17(22)13-9-12(18)7-8-16(13)23-3/h4-9H,1-3H3,(H,19,21)(H,20,22). The number of anilines is 2. The molecule has 2 aromatic rings. The molecule has 0 heterocycles. The first-order valence-electron chi connectivity index (χ1n) is 6.94. The highest BCUT2D eigenvalue weighted by Gasteiger charge is 2.15. The molecule has 0 aliphatic rings. The minimum Gasteiger partial charge on any atom is -0.496 e. The van der Waals surface area contributed by atoms with Crippen molar-refractivity contribution in [3.63, 3.8) is 0 Å². The quantitative estimate of drug-likeness (QED) is 0.893. The van der Waals surface area contributed by atoms with E-state index in [1.165, 1.54) is 14.0 Å². The third-order valence-corrected chi connectivity index (χ3v) is 3.53. The van der Waals surface area contributed by atoms with Crippen LogP contribution in [-0.2, 0) is 4.79 Å². The summed E-state index contributed by atoms with van der Waals surface area (Å²) in [6.07, 6.45) is 0. The van der Waals surface area contributed by atoms with Crippen molar-refractivity contribution >= 4 is 34.8 Å². The predicted octanol–water partition coefficient (Wildman–Crippen LogP) is 3.87. The Labute approximate surface area is 139 Å². The fraction of sp³-hybridized carbons (Fsp3) is 0.176. The summed E-state index contributed by atoms with van der Waals surface area (Å²) in [7, 11) is 1.49. The molecule has 0 atom stereocenters. The summed E-state index contributed by atoms with van der Waals surface area (Å²) in [5.41, 5.74) is 2.35. The van der Waals surface area contributed by atoms with Gasteiger partial charge in [0.05, 0.1) is 12.7 Å². The number of nitrogens with one attached hydrogen (secondary N) is 2. The maximum atomic E-state index is 12.5. The maximum absolute atomic E-state index is 12.5. The zero-order chi connectivity index (χ0) is 17.0. The van der Waals surface area contributed by atoms with Crippen LogP contribution in [0.1, 0.15) is 22.8 Å². The van der Waals surface area contributed by atoms with E-state index in [9.17, 15) is 9.59 Å². The van der Waals surface area contributed by atoms with Crippen molar-refractivity contribution in [2.45, 2.75) is 13.8 Å². The van der Waals surface area contributed by atoms with Crippen LogP contribution in [0.3, 0.4) is 0 Å². The number of halogens is 1. The number of amides is 2. The van der Waals surface area contributed by atoms with Crippen LogP contribution in [0.25, 0.3) is 0 Å². The fourth-order valence-corrected chi connectivity index (χ4v) is 2.32. The zero-order valence-electron chi connectivity index (χ0n) is 13.1. The molecule has 5 nitrogen and oxygen atoms in total. The van der Waals surface area contributed by atoms with Gasteiger partial charge in [0, 0.05) is 23.3 Å². The van der Waals surface area contributed by atoms with Gasteiger partial charge in [-0.05, 0) is 42.8 Å². The monoisotopic (exact) mass is 332 g/mol. The molecule has 0 fully saturated rings. The topological polar surface area (TPSA) is 67.4 Å². The van der Waals surface area contributed by atoms with Gasteiger partial charge >= 0.3 is 0 Å². The summed E-state index contributed by atoms with van der Waals surface area (Å²) in [6, 6.07) is 10.1. The van der Waals surface area contributed by atoms with Gasteiger partial charge in [0.2, 0.25) is 5.91 Å². The molecule has 2 N–H and O–H groups in total. The molecule has 0 spiro atoms. The van der Waals surface area contributed by atoms with Gasteiger partial charge in [0.15, 0.2) is 0 Å². The maximum Gasteiger partial charge on any atom is 0.259 e. The predicted molar refractivity (Wildman–Crippen MR) is 91.4 cm³/mol.